The first-order valence-electron chi connectivity index (χ1n) is 8.10. The minimum Gasteiger partial charge on any atom is -0.452 e. The van der Waals surface area contributed by atoms with E-state index in [9.17, 15) is 18.0 Å². The first kappa shape index (κ1) is 22.4. The van der Waals surface area contributed by atoms with Gasteiger partial charge in [-0.25, -0.2) is 17.5 Å². The SMILES string of the molecule is CC(C)N(C(=O)COC(=O)c1cc(S(=O)(=O)N(C)C)ccc1Cl)C(C)C. The van der Waals surface area contributed by atoms with Crippen molar-refractivity contribution in [3.05, 3.63) is 28.8 Å². The molecule has 0 aliphatic carbocycles. The van der Waals surface area contributed by atoms with Crippen LogP contribution >= 0.6 is 11.6 Å². The minimum absolute atomic E-state index is 0.0432. The molecule has 26 heavy (non-hydrogen) atoms. The number of sulfonamides is 1. The average molecular weight is 405 g/mol. The first-order chi connectivity index (χ1) is 11.9. The van der Waals surface area contributed by atoms with Crippen molar-refractivity contribution in [1.82, 2.24) is 9.21 Å². The van der Waals surface area contributed by atoms with Gasteiger partial charge >= 0.3 is 5.97 Å². The maximum Gasteiger partial charge on any atom is 0.340 e. The van der Waals surface area contributed by atoms with Crippen LogP contribution in [0.4, 0.5) is 0 Å². The summed E-state index contributed by atoms with van der Waals surface area (Å²) >= 11 is 5.99. The monoisotopic (exact) mass is 404 g/mol. The molecule has 7 nitrogen and oxygen atoms in total. The van der Waals surface area contributed by atoms with Gasteiger partial charge in [-0.2, -0.15) is 0 Å². The zero-order valence-electron chi connectivity index (χ0n) is 15.8. The van der Waals surface area contributed by atoms with Crippen LogP contribution in [0.2, 0.25) is 5.02 Å². The largest absolute Gasteiger partial charge is 0.452 e. The first-order valence-corrected chi connectivity index (χ1v) is 9.91. The fraction of sp³-hybridized carbons (Fsp3) is 0.529. The topological polar surface area (TPSA) is 84.0 Å². The fourth-order valence-electron chi connectivity index (χ4n) is 2.48. The summed E-state index contributed by atoms with van der Waals surface area (Å²) in [5, 5.41) is 0.0460. The molecule has 0 atom stereocenters. The van der Waals surface area contributed by atoms with E-state index in [-0.39, 0.29) is 33.5 Å². The van der Waals surface area contributed by atoms with Crippen LogP contribution in [0.25, 0.3) is 0 Å². The van der Waals surface area contributed by atoms with E-state index in [1.807, 2.05) is 27.7 Å². The number of hydrogen-bond acceptors (Lipinski definition) is 5. The Hall–Kier alpha value is -1.64. The number of hydrogen-bond donors (Lipinski definition) is 0. The lowest BCUT2D eigenvalue weighted by Gasteiger charge is -2.30. The van der Waals surface area contributed by atoms with Crippen LogP contribution in [0.3, 0.4) is 0 Å². The Bertz CT molecular complexity index is 767. The molecule has 9 heteroatoms. The number of carbonyl (C=O) groups is 2. The third-order valence-corrected chi connectivity index (χ3v) is 5.80. The lowest BCUT2D eigenvalue weighted by Crippen LogP contribution is -2.44. The van der Waals surface area contributed by atoms with Crippen molar-refractivity contribution < 1.29 is 22.7 Å². The van der Waals surface area contributed by atoms with Crippen LogP contribution in [0.1, 0.15) is 38.1 Å². The molecule has 0 aliphatic rings. The van der Waals surface area contributed by atoms with Crippen LogP contribution in [-0.4, -0.2) is 62.3 Å². The second-order valence-corrected chi connectivity index (χ2v) is 9.05. The van der Waals surface area contributed by atoms with Crippen LogP contribution in [-0.2, 0) is 19.6 Å². The van der Waals surface area contributed by atoms with Gasteiger partial charge in [0.2, 0.25) is 10.0 Å². The number of benzene rings is 1. The number of carbonyl (C=O) groups excluding carboxylic acids is 2. The van der Waals surface area contributed by atoms with Crippen LogP contribution in [0, 0.1) is 0 Å². The molecule has 1 amide bonds. The predicted molar refractivity (Wildman–Crippen MR) is 99.7 cm³/mol. The van der Waals surface area contributed by atoms with Gasteiger partial charge in [0.15, 0.2) is 6.61 Å². The third-order valence-electron chi connectivity index (χ3n) is 3.66. The molecule has 0 bridgehead atoms. The van der Waals surface area contributed by atoms with Crippen LogP contribution in [0.5, 0.6) is 0 Å². The van der Waals surface area contributed by atoms with Gasteiger partial charge in [0, 0.05) is 26.2 Å². The average Bonchev–Trinajstić information content (AvgIpc) is 2.51. The van der Waals surface area contributed by atoms with Gasteiger partial charge in [-0.3, -0.25) is 4.79 Å². The lowest BCUT2D eigenvalue weighted by molar-refractivity contribution is -0.138. The number of amides is 1. The van der Waals surface area contributed by atoms with E-state index in [2.05, 4.69) is 0 Å². The fourth-order valence-corrected chi connectivity index (χ4v) is 3.61. The number of rotatable bonds is 7. The van der Waals surface area contributed by atoms with Crippen molar-refractivity contribution in [3.8, 4) is 0 Å². The van der Waals surface area contributed by atoms with Crippen molar-refractivity contribution >= 4 is 33.5 Å². The zero-order valence-corrected chi connectivity index (χ0v) is 17.4. The number of nitrogens with zero attached hydrogens (tertiary/aromatic N) is 2. The quantitative estimate of drug-likeness (QED) is 0.651. The highest BCUT2D eigenvalue weighted by molar-refractivity contribution is 7.89. The Kier molecular flexibility index (Phi) is 7.61. The highest BCUT2D eigenvalue weighted by Gasteiger charge is 2.24. The van der Waals surface area contributed by atoms with E-state index in [4.69, 9.17) is 16.3 Å². The van der Waals surface area contributed by atoms with E-state index in [1.54, 1.807) is 4.90 Å². The molecule has 0 saturated carbocycles. The molecule has 0 N–H and O–H groups in total. The molecule has 0 unspecified atom stereocenters. The maximum atomic E-state index is 12.3. The summed E-state index contributed by atoms with van der Waals surface area (Å²) in [5.74, 6) is -1.19. The molecule has 0 radical (unpaired) electrons. The molecule has 0 heterocycles. The Labute approximate surface area is 159 Å². The predicted octanol–water partition coefficient (Wildman–Crippen LogP) is 2.39. The summed E-state index contributed by atoms with van der Waals surface area (Å²) in [6.45, 7) is 7.02. The van der Waals surface area contributed by atoms with Crippen molar-refractivity contribution in [2.75, 3.05) is 20.7 Å². The number of esters is 1. The van der Waals surface area contributed by atoms with Crippen molar-refractivity contribution in [2.45, 2.75) is 44.7 Å². The van der Waals surface area contributed by atoms with Crippen molar-refractivity contribution in [1.29, 1.82) is 0 Å². The normalized spacial score (nSPS) is 11.9. The van der Waals surface area contributed by atoms with Crippen LogP contribution < -0.4 is 0 Å². The molecular formula is C17H25ClN2O5S. The Morgan fingerprint density at radius 3 is 2.12 bits per heavy atom. The van der Waals surface area contributed by atoms with Crippen molar-refractivity contribution in [3.63, 3.8) is 0 Å². The molecule has 1 aromatic rings. The highest BCUT2D eigenvalue weighted by Crippen LogP contribution is 2.23. The standard InChI is InChI=1S/C17H25ClN2O5S/c1-11(2)20(12(3)4)16(21)10-25-17(22)14-9-13(7-8-15(14)18)26(23,24)19(5)6/h7-9,11-12H,10H2,1-6H3. The van der Waals surface area contributed by atoms with Gasteiger partial charge in [-0.05, 0) is 45.9 Å². The molecular weight excluding hydrogens is 380 g/mol. The molecule has 1 rings (SSSR count). The van der Waals surface area contributed by atoms with E-state index < -0.39 is 22.6 Å². The van der Waals surface area contributed by atoms with Gasteiger partial charge < -0.3 is 9.64 Å². The summed E-state index contributed by atoms with van der Waals surface area (Å²) < 4.78 is 30.5. The van der Waals surface area contributed by atoms with Crippen molar-refractivity contribution in [2.24, 2.45) is 0 Å². The summed E-state index contributed by atoms with van der Waals surface area (Å²) in [6.07, 6.45) is 0. The number of ether oxygens (including phenoxy) is 1. The van der Waals surface area contributed by atoms with Gasteiger partial charge in [0.1, 0.15) is 0 Å². The van der Waals surface area contributed by atoms with Gasteiger partial charge in [0.05, 0.1) is 15.5 Å². The summed E-state index contributed by atoms with van der Waals surface area (Å²) in [4.78, 5) is 26.1. The third kappa shape index (κ3) is 5.18. The van der Waals surface area contributed by atoms with Crippen LogP contribution in [0.15, 0.2) is 23.1 Å². The van der Waals surface area contributed by atoms with E-state index in [1.165, 1.54) is 26.2 Å². The molecule has 0 saturated heterocycles. The Morgan fingerprint density at radius 1 is 1.12 bits per heavy atom. The van der Waals surface area contributed by atoms with E-state index in [0.29, 0.717) is 0 Å². The zero-order chi connectivity index (χ0) is 20.2. The molecule has 0 fully saturated rings. The molecule has 1 aromatic carbocycles. The molecule has 0 aliphatic heterocycles. The van der Waals surface area contributed by atoms with Gasteiger partial charge in [0.25, 0.3) is 5.91 Å². The molecule has 0 aromatic heterocycles. The number of halogens is 1. The molecule has 0 spiro atoms. The summed E-state index contributed by atoms with van der Waals surface area (Å²) in [7, 11) is -0.961. The van der Waals surface area contributed by atoms with Gasteiger partial charge in [-0.1, -0.05) is 11.6 Å². The van der Waals surface area contributed by atoms with Gasteiger partial charge in [-0.15, -0.1) is 0 Å². The highest BCUT2D eigenvalue weighted by atomic mass is 35.5. The lowest BCUT2D eigenvalue weighted by atomic mass is 10.2. The molecule has 146 valence electrons. The Morgan fingerprint density at radius 2 is 1.65 bits per heavy atom. The Balaban J connectivity index is 3.00. The summed E-state index contributed by atoms with van der Waals surface area (Å²) in [6, 6.07) is 3.67. The summed E-state index contributed by atoms with van der Waals surface area (Å²) in [5.41, 5.74) is -0.108. The van der Waals surface area contributed by atoms with E-state index in [0.717, 1.165) is 10.4 Å². The minimum atomic E-state index is -3.73. The maximum absolute atomic E-state index is 12.3. The second kappa shape index (κ2) is 8.83. The van der Waals surface area contributed by atoms with E-state index >= 15 is 0 Å². The second-order valence-electron chi connectivity index (χ2n) is 6.49. The smallest absolute Gasteiger partial charge is 0.340 e.